The first-order chi connectivity index (χ1) is 11.4. The number of fused-ring (bicyclic) bond motifs is 1. The molecule has 0 amide bonds. The fourth-order valence-electron chi connectivity index (χ4n) is 2.77. The lowest BCUT2D eigenvalue weighted by molar-refractivity contribution is -0.384. The summed E-state index contributed by atoms with van der Waals surface area (Å²) >= 11 is 0. The summed E-state index contributed by atoms with van der Waals surface area (Å²) in [5.41, 5.74) is 0.0641. The SMILES string of the molecule is Cc1c(C(=O)O)c2cc(=O)cc([N+](=O)[O-])c-2cn1-c1ccccc1. The molecule has 1 aromatic rings. The van der Waals surface area contributed by atoms with Crippen LogP contribution in [-0.4, -0.2) is 20.6 Å². The molecule has 0 saturated heterocycles. The number of para-hydroxylation sites is 1. The summed E-state index contributed by atoms with van der Waals surface area (Å²) in [6.07, 6.45) is 1.49. The van der Waals surface area contributed by atoms with Gasteiger partial charge in [0.15, 0.2) is 5.43 Å². The van der Waals surface area contributed by atoms with Crippen molar-refractivity contribution in [3.8, 4) is 16.8 Å². The Balaban J connectivity index is 2.50. The van der Waals surface area contributed by atoms with Crippen molar-refractivity contribution in [3.05, 3.63) is 80.3 Å². The van der Waals surface area contributed by atoms with Crippen LogP contribution >= 0.6 is 0 Å². The quantitative estimate of drug-likeness (QED) is 0.589. The Morgan fingerprint density at radius 2 is 1.83 bits per heavy atom. The highest BCUT2D eigenvalue weighted by Gasteiger charge is 2.27. The molecule has 24 heavy (non-hydrogen) atoms. The molecular weight excluding hydrogens is 312 g/mol. The first-order valence-corrected chi connectivity index (χ1v) is 7.03. The predicted octanol–water partition coefficient (Wildman–Crippen LogP) is 2.86. The number of carbonyl (C=O) groups is 1. The van der Waals surface area contributed by atoms with Crippen molar-refractivity contribution in [2.75, 3.05) is 0 Å². The van der Waals surface area contributed by atoms with E-state index in [4.69, 9.17) is 0 Å². The number of hydrogen-bond acceptors (Lipinski definition) is 4. The normalized spacial score (nSPS) is 10.7. The number of hydrogen-bond donors (Lipinski definition) is 1. The number of benzene rings is 2. The second-order valence-electron chi connectivity index (χ2n) is 5.26. The van der Waals surface area contributed by atoms with E-state index in [0.717, 1.165) is 12.1 Å². The minimum Gasteiger partial charge on any atom is -0.478 e. The van der Waals surface area contributed by atoms with Crippen LogP contribution in [0.15, 0.2) is 53.5 Å². The number of nitro groups is 1. The minimum absolute atomic E-state index is 0.0615. The maximum Gasteiger partial charge on any atom is 0.338 e. The first-order valence-electron chi connectivity index (χ1n) is 7.03. The van der Waals surface area contributed by atoms with Crippen LogP contribution in [0.3, 0.4) is 0 Å². The molecule has 0 unspecified atom stereocenters. The molecule has 1 aliphatic heterocycles. The van der Waals surface area contributed by atoms with Gasteiger partial charge in [-0.3, -0.25) is 14.9 Å². The number of aromatic carboxylic acids is 1. The van der Waals surface area contributed by atoms with Gasteiger partial charge in [0.05, 0.1) is 22.1 Å². The zero-order chi connectivity index (χ0) is 17.4. The van der Waals surface area contributed by atoms with E-state index >= 15 is 0 Å². The molecule has 2 aliphatic rings. The van der Waals surface area contributed by atoms with E-state index in [-0.39, 0.29) is 16.7 Å². The van der Waals surface area contributed by atoms with E-state index in [9.17, 15) is 24.8 Å². The summed E-state index contributed by atoms with van der Waals surface area (Å²) in [5.74, 6) is -1.25. The molecule has 0 fully saturated rings. The third-order valence-corrected chi connectivity index (χ3v) is 3.83. The Bertz CT molecular complexity index is 992. The van der Waals surface area contributed by atoms with Crippen LogP contribution in [-0.2, 0) is 0 Å². The fourth-order valence-corrected chi connectivity index (χ4v) is 2.77. The highest BCUT2D eigenvalue weighted by Crippen LogP contribution is 2.35. The van der Waals surface area contributed by atoms with Crippen molar-refractivity contribution in [3.63, 3.8) is 0 Å². The van der Waals surface area contributed by atoms with Crippen LogP contribution in [0.2, 0.25) is 0 Å². The maximum absolute atomic E-state index is 11.7. The molecule has 1 aromatic carbocycles. The Kier molecular flexibility index (Phi) is 3.61. The summed E-state index contributed by atoms with van der Waals surface area (Å²) in [6.45, 7) is 1.60. The van der Waals surface area contributed by atoms with Crippen LogP contribution in [0.4, 0.5) is 5.69 Å². The first kappa shape index (κ1) is 15.4. The van der Waals surface area contributed by atoms with Gasteiger partial charge in [-0.15, -0.1) is 0 Å². The van der Waals surface area contributed by atoms with Gasteiger partial charge in [0.2, 0.25) is 0 Å². The zero-order valence-corrected chi connectivity index (χ0v) is 12.6. The summed E-state index contributed by atoms with van der Waals surface area (Å²) in [5, 5.41) is 20.9. The monoisotopic (exact) mass is 324 g/mol. The Hall–Kier alpha value is -3.48. The molecule has 1 aliphatic carbocycles. The zero-order valence-electron chi connectivity index (χ0n) is 12.6. The topological polar surface area (TPSA) is 102 Å². The summed E-state index contributed by atoms with van der Waals surface area (Å²) < 4.78 is 1.57. The molecule has 0 bridgehead atoms. The molecule has 7 nitrogen and oxygen atoms in total. The number of aromatic nitrogens is 1. The Morgan fingerprint density at radius 1 is 1.17 bits per heavy atom. The minimum atomic E-state index is -1.25. The second kappa shape index (κ2) is 5.62. The lowest BCUT2D eigenvalue weighted by atomic mass is 9.96. The third-order valence-electron chi connectivity index (χ3n) is 3.83. The molecule has 1 N–H and O–H groups in total. The van der Waals surface area contributed by atoms with Gasteiger partial charge >= 0.3 is 5.97 Å². The van der Waals surface area contributed by atoms with Gasteiger partial charge in [0.25, 0.3) is 5.69 Å². The van der Waals surface area contributed by atoms with E-state index in [0.29, 0.717) is 11.4 Å². The van der Waals surface area contributed by atoms with E-state index in [2.05, 4.69) is 0 Å². The Morgan fingerprint density at radius 3 is 2.42 bits per heavy atom. The number of rotatable bonds is 3. The third kappa shape index (κ3) is 2.41. The van der Waals surface area contributed by atoms with Gasteiger partial charge in [0, 0.05) is 23.1 Å². The van der Waals surface area contributed by atoms with Crippen molar-refractivity contribution in [2.24, 2.45) is 0 Å². The van der Waals surface area contributed by atoms with Gasteiger partial charge in [-0.25, -0.2) is 4.79 Å². The molecule has 7 heteroatoms. The number of carboxylic acid groups (broad SMARTS) is 1. The number of nitrogens with zero attached hydrogens (tertiary/aromatic N) is 2. The van der Waals surface area contributed by atoms with E-state index in [1.54, 1.807) is 35.8 Å². The number of pyridine rings is 1. The number of nitro benzene ring substituents is 1. The molecule has 0 atom stereocenters. The van der Waals surface area contributed by atoms with Gasteiger partial charge in [-0.05, 0) is 25.1 Å². The van der Waals surface area contributed by atoms with Gasteiger partial charge in [0.1, 0.15) is 0 Å². The molecule has 0 saturated carbocycles. The molecular formula is C17H12N2O5. The maximum atomic E-state index is 11.7. The molecule has 0 radical (unpaired) electrons. The lowest BCUT2D eigenvalue weighted by Crippen LogP contribution is -2.15. The second-order valence-corrected chi connectivity index (χ2v) is 5.26. The highest BCUT2D eigenvalue weighted by molar-refractivity contribution is 5.99. The molecule has 3 rings (SSSR count). The standard InChI is InChI=1S/C17H12N2O5/c1-10-16(17(21)22)13-7-12(20)8-15(19(23)24)14(13)9-18(10)11-5-3-2-4-6-11/h2-9H,1H3,(H,21,22). The highest BCUT2D eigenvalue weighted by atomic mass is 16.6. The van der Waals surface area contributed by atoms with Crippen molar-refractivity contribution in [1.29, 1.82) is 0 Å². The average molecular weight is 324 g/mol. The smallest absolute Gasteiger partial charge is 0.338 e. The van der Waals surface area contributed by atoms with Crippen molar-refractivity contribution in [1.82, 2.24) is 4.57 Å². The summed E-state index contributed by atoms with van der Waals surface area (Å²) in [7, 11) is 0. The van der Waals surface area contributed by atoms with Crippen LogP contribution in [0, 0.1) is 17.0 Å². The van der Waals surface area contributed by atoms with Gasteiger partial charge in [-0.1, -0.05) is 18.2 Å². The molecule has 120 valence electrons. The van der Waals surface area contributed by atoms with Crippen molar-refractivity contribution >= 4 is 11.7 Å². The molecule has 0 spiro atoms. The lowest BCUT2D eigenvalue weighted by Gasteiger charge is -2.19. The summed E-state index contributed by atoms with van der Waals surface area (Å²) in [6, 6.07) is 10.9. The van der Waals surface area contributed by atoms with Crippen molar-refractivity contribution < 1.29 is 14.8 Å². The fraction of sp³-hybridized carbons (Fsp3) is 0.0588. The van der Waals surface area contributed by atoms with Crippen LogP contribution < -0.4 is 5.43 Å². The molecule has 1 heterocycles. The molecule has 0 aromatic heterocycles. The van der Waals surface area contributed by atoms with E-state index < -0.39 is 22.0 Å². The van der Waals surface area contributed by atoms with Crippen LogP contribution in [0.5, 0.6) is 0 Å². The van der Waals surface area contributed by atoms with Crippen molar-refractivity contribution in [2.45, 2.75) is 6.92 Å². The predicted molar refractivity (Wildman–Crippen MR) is 87.0 cm³/mol. The van der Waals surface area contributed by atoms with E-state index in [1.165, 1.54) is 6.20 Å². The van der Waals surface area contributed by atoms with Crippen LogP contribution in [0.1, 0.15) is 16.1 Å². The Labute approximate surface area is 135 Å². The van der Waals surface area contributed by atoms with Gasteiger partial charge in [-0.2, -0.15) is 0 Å². The number of carboxylic acids is 1. The van der Waals surface area contributed by atoms with E-state index in [1.807, 2.05) is 6.07 Å². The van der Waals surface area contributed by atoms with Crippen LogP contribution in [0.25, 0.3) is 16.8 Å². The summed E-state index contributed by atoms with van der Waals surface area (Å²) in [4.78, 5) is 34.1. The largest absolute Gasteiger partial charge is 0.478 e. The average Bonchev–Trinajstić information content (AvgIpc) is 2.53. The van der Waals surface area contributed by atoms with Gasteiger partial charge < -0.3 is 9.67 Å².